The van der Waals surface area contributed by atoms with Crippen molar-refractivity contribution in [3.63, 3.8) is 0 Å². The molecule has 0 amide bonds. The van der Waals surface area contributed by atoms with E-state index in [1.807, 2.05) is 46.8 Å². The molecule has 3 nitrogen and oxygen atoms in total. The number of ether oxygens (including phenoxy) is 1. The van der Waals surface area contributed by atoms with Gasteiger partial charge in [-0.25, -0.2) is 0 Å². The molecule has 0 spiro atoms. The number of rotatable bonds is 2. The van der Waals surface area contributed by atoms with Gasteiger partial charge in [-0.15, -0.1) is 0 Å². The minimum Gasteiger partial charge on any atom is -0.482 e. The Balaban J connectivity index is 1.82. The summed E-state index contributed by atoms with van der Waals surface area (Å²) in [6, 6.07) is 14.3. The van der Waals surface area contributed by atoms with Crippen molar-refractivity contribution in [2.45, 2.75) is 51.8 Å². The maximum Gasteiger partial charge on any atom is 0.416 e. The Kier molecular flexibility index (Phi) is 5.92. The first kappa shape index (κ1) is 25.7. The van der Waals surface area contributed by atoms with Crippen LogP contribution in [0.5, 0.6) is 5.75 Å². The van der Waals surface area contributed by atoms with Crippen LogP contribution in [0.25, 0.3) is 33.7 Å². The molecule has 37 heavy (non-hydrogen) atoms. The van der Waals surface area contributed by atoms with Gasteiger partial charge in [0.2, 0.25) is 0 Å². The highest BCUT2D eigenvalue weighted by Crippen LogP contribution is 2.54. The predicted octanol–water partition coefficient (Wildman–Crippen LogP) is 9.93. The standard InChI is InChI=1S/C29H24Cl2F3NO2/c1-27(2,3)17-13-18(15-8-6-9-16(12-15)29(32,33)34)25-19(14-17)26-23(28(4,5)36-25)24(35-37-26)22-20(30)10-7-11-21(22)31/h6-14H,1-5H3. The van der Waals surface area contributed by atoms with Crippen LogP contribution in [0.4, 0.5) is 13.2 Å². The maximum absolute atomic E-state index is 13.6. The van der Waals surface area contributed by atoms with Crippen molar-refractivity contribution in [1.82, 2.24) is 5.16 Å². The van der Waals surface area contributed by atoms with Crippen LogP contribution in [0.3, 0.4) is 0 Å². The number of nitrogens with zero attached hydrogens (tertiary/aromatic N) is 1. The summed E-state index contributed by atoms with van der Waals surface area (Å²) in [5, 5.41) is 5.18. The molecule has 1 aliphatic rings. The Morgan fingerprint density at radius 1 is 0.838 bits per heavy atom. The van der Waals surface area contributed by atoms with Crippen LogP contribution in [0, 0.1) is 0 Å². The molecule has 0 bridgehead atoms. The van der Waals surface area contributed by atoms with Crippen LogP contribution in [0.15, 0.2) is 59.1 Å². The number of aromatic nitrogens is 1. The van der Waals surface area contributed by atoms with Crippen LogP contribution in [0.1, 0.15) is 51.3 Å². The van der Waals surface area contributed by atoms with Crippen molar-refractivity contribution in [3.05, 3.63) is 81.3 Å². The zero-order valence-electron chi connectivity index (χ0n) is 20.8. The molecule has 192 valence electrons. The normalized spacial score (nSPS) is 14.6. The first-order valence-corrected chi connectivity index (χ1v) is 12.4. The summed E-state index contributed by atoms with van der Waals surface area (Å²) in [6.07, 6.45) is -4.47. The molecule has 0 radical (unpaired) electrons. The Bertz CT molecular complexity index is 1510. The van der Waals surface area contributed by atoms with Crippen molar-refractivity contribution in [1.29, 1.82) is 0 Å². The summed E-state index contributed by atoms with van der Waals surface area (Å²) in [7, 11) is 0. The minimum absolute atomic E-state index is 0.312. The Labute approximate surface area is 223 Å². The number of halogens is 5. The fraction of sp³-hybridized carbons (Fsp3) is 0.276. The third kappa shape index (κ3) is 4.40. The van der Waals surface area contributed by atoms with E-state index >= 15 is 0 Å². The number of benzene rings is 3. The topological polar surface area (TPSA) is 35.3 Å². The van der Waals surface area contributed by atoms with Gasteiger partial charge < -0.3 is 9.26 Å². The third-order valence-corrected chi connectivity index (χ3v) is 7.18. The SMILES string of the molecule is CC(C)(C)c1cc(-c2cccc(C(F)(F)F)c2)c2c(c1)-c1onc(-c3c(Cl)cccc3Cl)c1C(C)(C)O2. The summed E-state index contributed by atoms with van der Waals surface area (Å²) in [5.41, 5.74) is 2.10. The van der Waals surface area contributed by atoms with Gasteiger partial charge in [0, 0.05) is 11.1 Å². The Morgan fingerprint density at radius 3 is 2.08 bits per heavy atom. The maximum atomic E-state index is 13.6. The highest BCUT2D eigenvalue weighted by atomic mass is 35.5. The van der Waals surface area contributed by atoms with E-state index in [9.17, 15) is 13.2 Å². The second kappa shape index (κ2) is 8.53. The third-order valence-electron chi connectivity index (χ3n) is 6.55. The molecule has 0 unspecified atom stereocenters. The van der Waals surface area contributed by atoms with Crippen LogP contribution < -0.4 is 4.74 Å². The lowest BCUT2D eigenvalue weighted by Crippen LogP contribution is -2.30. The smallest absolute Gasteiger partial charge is 0.416 e. The zero-order chi connectivity index (χ0) is 26.9. The molecule has 0 saturated heterocycles. The van der Waals surface area contributed by atoms with Crippen LogP contribution >= 0.6 is 23.2 Å². The van der Waals surface area contributed by atoms with Gasteiger partial charge in [-0.05, 0) is 66.8 Å². The summed E-state index contributed by atoms with van der Waals surface area (Å²) in [4.78, 5) is 0. The van der Waals surface area contributed by atoms with Gasteiger partial charge >= 0.3 is 6.18 Å². The van der Waals surface area contributed by atoms with E-state index in [0.717, 1.165) is 17.7 Å². The first-order chi connectivity index (χ1) is 17.2. The Hall–Kier alpha value is -2.96. The van der Waals surface area contributed by atoms with Gasteiger partial charge in [0.25, 0.3) is 0 Å². The van der Waals surface area contributed by atoms with E-state index in [4.69, 9.17) is 32.5 Å². The van der Waals surface area contributed by atoms with Gasteiger partial charge in [-0.2, -0.15) is 13.2 Å². The van der Waals surface area contributed by atoms with E-state index in [1.54, 1.807) is 24.3 Å². The highest BCUT2D eigenvalue weighted by molar-refractivity contribution is 6.39. The average Bonchev–Trinajstić information content (AvgIpc) is 3.23. The van der Waals surface area contributed by atoms with Crippen LogP contribution in [-0.2, 0) is 17.2 Å². The molecular weight excluding hydrogens is 522 g/mol. The number of alkyl halides is 3. The molecule has 3 aromatic carbocycles. The molecule has 0 saturated carbocycles. The largest absolute Gasteiger partial charge is 0.482 e. The van der Waals surface area contributed by atoms with Gasteiger partial charge in [0.15, 0.2) is 5.76 Å². The highest BCUT2D eigenvalue weighted by Gasteiger charge is 2.42. The van der Waals surface area contributed by atoms with Crippen molar-refractivity contribution < 1.29 is 22.4 Å². The second-order valence-corrected chi connectivity index (χ2v) is 11.5. The van der Waals surface area contributed by atoms with E-state index in [2.05, 4.69) is 5.16 Å². The lowest BCUT2D eigenvalue weighted by molar-refractivity contribution is -0.137. The monoisotopic (exact) mass is 545 g/mol. The summed E-state index contributed by atoms with van der Waals surface area (Å²) < 4.78 is 53.2. The number of hydrogen-bond donors (Lipinski definition) is 0. The molecule has 8 heteroatoms. The zero-order valence-corrected chi connectivity index (χ0v) is 22.4. The van der Waals surface area contributed by atoms with Crippen molar-refractivity contribution in [2.24, 2.45) is 0 Å². The van der Waals surface area contributed by atoms with Crippen molar-refractivity contribution >= 4 is 23.2 Å². The fourth-order valence-electron chi connectivity index (χ4n) is 4.65. The molecule has 0 atom stereocenters. The lowest BCUT2D eigenvalue weighted by atomic mass is 9.80. The molecule has 0 aliphatic carbocycles. The lowest BCUT2D eigenvalue weighted by Gasteiger charge is -2.35. The molecule has 0 N–H and O–H groups in total. The van der Waals surface area contributed by atoms with Crippen molar-refractivity contribution in [3.8, 4) is 39.5 Å². The van der Waals surface area contributed by atoms with Gasteiger partial charge in [-0.1, -0.05) is 67.3 Å². The molecule has 5 rings (SSSR count). The summed E-state index contributed by atoms with van der Waals surface area (Å²) in [6.45, 7) is 9.82. The van der Waals surface area contributed by atoms with Crippen LogP contribution in [0.2, 0.25) is 10.0 Å². The van der Waals surface area contributed by atoms with Crippen LogP contribution in [-0.4, -0.2) is 5.16 Å². The summed E-state index contributed by atoms with van der Waals surface area (Å²) in [5.74, 6) is 0.898. The van der Waals surface area contributed by atoms with E-state index in [-0.39, 0.29) is 5.41 Å². The minimum atomic E-state index is -4.47. The molecular formula is C29H24Cl2F3NO2. The number of hydrogen-bond acceptors (Lipinski definition) is 3. The fourth-order valence-corrected chi connectivity index (χ4v) is 5.23. The number of fused-ring (bicyclic) bond motifs is 3. The predicted molar refractivity (Wildman–Crippen MR) is 140 cm³/mol. The first-order valence-electron chi connectivity index (χ1n) is 11.7. The van der Waals surface area contributed by atoms with E-state index in [0.29, 0.717) is 55.1 Å². The molecule has 4 aromatic rings. The quantitative estimate of drug-likeness (QED) is 0.251. The molecule has 0 fully saturated rings. The van der Waals surface area contributed by atoms with Crippen molar-refractivity contribution in [2.75, 3.05) is 0 Å². The molecule has 1 aliphatic heterocycles. The molecule has 1 aromatic heterocycles. The summed E-state index contributed by atoms with van der Waals surface area (Å²) >= 11 is 13.0. The molecule has 2 heterocycles. The van der Waals surface area contributed by atoms with Gasteiger partial charge in [0.1, 0.15) is 17.0 Å². The van der Waals surface area contributed by atoms with E-state index in [1.165, 1.54) is 6.07 Å². The average molecular weight is 546 g/mol. The second-order valence-electron chi connectivity index (χ2n) is 10.7. The van der Waals surface area contributed by atoms with Gasteiger partial charge in [0.05, 0.1) is 26.7 Å². The van der Waals surface area contributed by atoms with Gasteiger partial charge in [-0.3, -0.25) is 0 Å². The Morgan fingerprint density at radius 2 is 1.46 bits per heavy atom. The van der Waals surface area contributed by atoms with E-state index < -0.39 is 17.3 Å².